The fraction of sp³-hybridized carbons (Fsp3) is 0.625. The first-order chi connectivity index (χ1) is 4.93. The van der Waals surface area contributed by atoms with E-state index in [0.717, 1.165) is 19.5 Å². The van der Waals surface area contributed by atoms with Crippen LogP contribution in [0.4, 0.5) is 0 Å². The third-order valence-corrected chi connectivity index (χ3v) is 1.73. The smallest absolute Gasteiger partial charge is 0.0236 e. The van der Waals surface area contributed by atoms with Gasteiger partial charge in [0.05, 0.1) is 0 Å². The fourth-order valence-corrected chi connectivity index (χ4v) is 1.14. The van der Waals surface area contributed by atoms with Gasteiger partial charge in [-0.25, -0.2) is 0 Å². The number of rotatable bonds is 3. The topological polar surface area (TPSA) is 24.1 Å². The molecule has 10 heavy (non-hydrogen) atoms. The summed E-state index contributed by atoms with van der Waals surface area (Å²) < 4.78 is 0. The summed E-state index contributed by atoms with van der Waals surface area (Å²) in [6.07, 6.45) is 4.26. The van der Waals surface area contributed by atoms with E-state index in [9.17, 15) is 0 Å². The normalized spacial score (nSPS) is 20.8. The first-order valence-corrected chi connectivity index (χ1v) is 3.83. The van der Waals surface area contributed by atoms with Crippen molar-refractivity contribution in [3.05, 3.63) is 19.2 Å². The first-order valence-electron chi connectivity index (χ1n) is 3.83. The van der Waals surface area contributed by atoms with E-state index in [0.29, 0.717) is 6.04 Å². The Hall–Kier alpha value is -0.340. The second kappa shape index (κ2) is 4.47. The molecule has 0 bridgehead atoms. The zero-order valence-electron chi connectivity index (χ0n) is 6.27. The maximum Gasteiger partial charge on any atom is 0.0236 e. The molecule has 57 valence electrons. The van der Waals surface area contributed by atoms with E-state index in [1.165, 1.54) is 6.42 Å². The Kier molecular flexibility index (Phi) is 3.47. The lowest BCUT2D eigenvalue weighted by Crippen LogP contribution is -2.37. The van der Waals surface area contributed by atoms with Gasteiger partial charge in [-0.1, -0.05) is 6.08 Å². The Bertz CT molecular complexity index is 95.4. The molecule has 1 aliphatic rings. The lowest BCUT2D eigenvalue weighted by Gasteiger charge is -2.22. The quantitative estimate of drug-likeness (QED) is 0.562. The maximum absolute atomic E-state index is 3.66. The molecule has 2 N–H and O–H groups in total. The third-order valence-electron chi connectivity index (χ3n) is 1.73. The van der Waals surface area contributed by atoms with E-state index in [1.54, 1.807) is 0 Å². The van der Waals surface area contributed by atoms with Gasteiger partial charge >= 0.3 is 0 Å². The van der Waals surface area contributed by atoms with Crippen LogP contribution in [-0.4, -0.2) is 19.1 Å². The Labute approximate surface area is 62.7 Å². The van der Waals surface area contributed by atoms with Crippen LogP contribution in [0.3, 0.4) is 0 Å². The molecule has 1 saturated heterocycles. The molecule has 1 atom stereocenters. The molecular weight excluding hydrogens is 124 g/mol. The highest BCUT2D eigenvalue weighted by Gasteiger charge is 2.10. The van der Waals surface area contributed by atoms with Crippen LogP contribution < -0.4 is 10.6 Å². The molecule has 0 aromatic carbocycles. The highest BCUT2D eigenvalue weighted by Crippen LogP contribution is 2.03. The molecule has 1 fully saturated rings. The Balaban J connectivity index is 2.07. The minimum atomic E-state index is 0.666. The van der Waals surface area contributed by atoms with Crippen LogP contribution in [0.2, 0.25) is 0 Å². The van der Waals surface area contributed by atoms with Gasteiger partial charge in [0.25, 0.3) is 0 Å². The lowest BCUT2D eigenvalue weighted by atomic mass is 10.1. The van der Waals surface area contributed by atoms with Gasteiger partial charge in [-0.05, 0) is 19.4 Å². The number of hydrogen-bond donors (Lipinski definition) is 2. The van der Waals surface area contributed by atoms with Crippen LogP contribution in [0.5, 0.6) is 0 Å². The van der Waals surface area contributed by atoms with Gasteiger partial charge in [0, 0.05) is 19.1 Å². The molecule has 1 unspecified atom stereocenters. The van der Waals surface area contributed by atoms with Gasteiger partial charge in [-0.2, -0.15) is 0 Å². The highest BCUT2D eigenvalue weighted by atomic mass is 15.0. The van der Waals surface area contributed by atoms with Crippen LogP contribution in [0, 0.1) is 6.54 Å². The van der Waals surface area contributed by atoms with Crippen LogP contribution in [-0.2, 0) is 0 Å². The van der Waals surface area contributed by atoms with Crippen molar-refractivity contribution < 1.29 is 0 Å². The first kappa shape index (κ1) is 7.76. The van der Waals surface area contributed by atoms with Crippen LogP contribution >= 0.6 is 0 Å². The van der Waals surface area contributed by atoms with E-state index in [1.807, 2.05) is 6.08 Å². The van der Waals surface area contributed by atoms with E-state index < -0.39 is 0 Å². The highest BCUT2D eigenvalue weighted by molar-refractivity contribution is 4.83. The van der Waals surface area contributed by atoms with Crippen molar-refractivity contribution in [3.63, 3.8) is 0 Å². The van der Waals surface area contributed by atoms with Crippen LogP contribution in [0.25, 0.3) is 0 Å². The molecule has 0 saturated carbocycles. The molecule has 0 aliphatic carbocycles. The van der Waals surface area contributed by atoms with Crippen molar-refractivity contribution in [1.29, 1.82) is 0 Å². The molecule has 1 aliphatic heterocycles. The summed E-state index contributed by atoms with van der Waals surface area (Å²) in [4.78, 5) is 0. The van der Waals surface area contributed by atoms with E-state index in [2.05, 4.69) is 23.8 Å². The average Bonchev–Trinajstić information content (AvgIpc) is 2.03. The van der Waals surface area contributed by atoms with Crippen molar-refractivity contribution in [2.45, 2.75) is 18.9 Å². The molecule has 0 spiro atoms. The Morgan fingerprint density at radius 1 is 1.80 bits per heavy atom. The third kappa shape index (κ3) is 2.50. The fourth-order valence-electron chi connectivity index (χ4n) is 1.14. The molecule has 1 rings (SSSR count). The molecule has 0 amide bonds. The maximum atomic E-state index is 3.66. The van der Waals surface area contributed by atoms with Gasteiger partial charge in [-0.15, -0.1) is 6.58 Å². The Morgan fingerprint density at radius 2 is 2.70 bits per heavy atom. The summed E-state index contributed by atoms with van der Waals surface area (Å²) >= 11 is 0. The minimum Gasteiger partial charge on any atom is -0.312 e. The SMILES string of the molecule is C=CCNC1C[CH]NCC1. The minimum absolute atomic E-state index is 0.666. The van der Waals surface area contributed by atoms with E-state index >= 15 is 0 Å². The lowest BCUT2D eigenvalue weighted by molar-refractivity contribution is 0.435. The number of nitrogens with one attached hydrogen (secondary N) is 2. The van der Waals surface area contributed by atoms with Crippen molar-refractivity contribution in [2.75, 3.05) is 13.1 Å². The summed E-state index contributed by atoms with van der Waals surface area (Å²) in [5.41, 5.74) is 0. The molecule has 0 aromatic rings. The summed E-state index contributed by atoms with van der Waals surface area (Å²) in [6, 6.07) is 0.666. The van der Waals surface area contributed by atoms with Crippen LogP contribution in [0.15, 0.2) is 12.7 Å². The van der Waals surface area contributed by atoms with Crippen molar-refractivity contribution >= 4 is 0 Å². The molecule has 0 aromatic heterocycles. The molecule has 1 radical (unpaired) electrons. The van der Waals surface area contributed by atoms with E-state index in [-0.39, 0.29) is 0 Å². The predicted octanol–water partition coefficient (Wildman–Crippen LogP) is 0.676. The van der Waals surface area contributed by atoms with Crippen molar-refractivity contribution in [2.24, 2.45) is 0 Å². The summed E-state index contributed by atoms with van der Waals surface area (Å²) in [6.45, 7) is 7.82. The standard InChI is InChI=1S/C8H15N2/c1-2-5-10-8-3-6-9-7-4-8/h2,6,8-10H,1,3-5,7H2. The second-order valence-corrected chi connectivity index (χ2v) is 2.58. The van der Waals surface area contributed by atoms with Gasteiger partial charge in [0.2, 0.25) is 0 Å². The van der Waals surface area contributed by atoms with Crippen LogP contribution in [0.1, 0.15) is 12.8 Å². The number of piperidine rings is 1. The molecule has 2 heteroatoms. The largest absolute Gasteiger partial charge is 0.312 e. The van der Waals surface area contributed by atoms with Crippen molar-refractivity contribution in [1.82, 2.24) is 10.6 Å². The monoisotopic (exact) mass is 139 g/mol. The Morgan fingerprint density at radius 3 is 3.30 bits per heavy atom. The van der Waals surface area contributed by atoms with Gasteiger partial charge in [-0.3, -0.25) is 0 Å². The van der Waals surface area contributed by atoms with Gasteiger partial charge in [0.1, 0.15) is 0 Å². The zero-order valence-corrected chi connectivity index (χ0v) is 6.27. The summed E-state index contributed by atoms with van der Waals surface area (Å²) in [7, 11) is 0. The zero-order chi connectivity index (χ0) is 7.23. The molecule has 2 nitrogen and oxygen atoms in total. The molecule has 1 heterocycles. The van der Waals surface area contributed by atoms with Gasteiger partial charge in [0.15, 0.2) is 0 Å². The van der Waals surface area contributed by atoms with E-state index in [4.69, 9.17) is 0 Å². The predicted molar refractivity (Wildman–Crippen MR) is 43.5 cm³/mol. The molecular formula is C8H15N2. The number of hydrogen-bond acceptors (Lipinski definition) is 2. The summed E-state index contributed by atoms with van der Waals surface area (Å²) in [5, 5.41) is 6.58. The van der Waals surface area contributed by atoms with Gasteiger partial charge < -0.3 is 10.6 Å². The average molecular weight is 139 g/mol. The van der Waals surface area contributed by atoms with Crippen molar-refractivity contribution in [3.8, 4) is 0 Å². The summed E-state index contributed by atoms with van der Waals surface area (Å²) in [5.74, 6) is 0. The second-order valence-electron chi connectivity index (χ2n) is 2.58.